The van der Waals surface area contributed by atoms with Gasteiger partial charge in [-0.2, -0.15) is 0 Å². The molecule has 0 aromatic heterocycles. The van der Waals surface area contributed by atoms with E-state index in [2.05, 4.69) is 30.9 Å². The van der Waals surface area contributed by atoms with Gasteiger partial charge < -0.3 is 4.90 Å². The number of aliphatic imine (C=N–C) groups is 1. The van der Waals surface area contributed by atoms with Crippen LogP contribution >= 0.6 is 0 Å². The molecule has 0 bridgehead atoms. The lowest BCUT2D eigenvalue weighted by Gasteiger charge is -2.20. The third-order valence-corrected chi connectivity index (χ3v) is 2.95. The van der Waals surface area contributed by atoms with E-state index in [0.29, 0.717) is 0 Å². The van der Waals surface area contributed by atoms with Crippen LogP contribution in [0.3, 0.4) is 0 Å². The molecule has 76 valence electrons. The van der Waals surface area contributed by atoms with Gasteiger partial charge in [0.15, 0.2) is 0 Å². The summed E-state index contributed by atoms with van der Waals surface area (Å²) in [5.41, 5.74) is 0. The van der Waals surface area contributed by atoms with Crippen LogP contribution in [0, 0.1) is 5.92 Å². The zero-order valence-electron chi connectivity index (χ0n) is 9.21. The van der Waals surface area contributed by atoms with Crippen LogP contribution in [-0.2, 0) is 0 Å². The second-order valence-corrected chi connectivity index (χ2v) is 4.29. The van der Waals surface area contributed by atoms with E-state index < -0.39 is 0 Å². The number of rotatable bonds is 2. The first-order chi connectivity index (χ1) is 6.20. The average Bonchev–Trinajstić information content (AvgIpc) is 2.15. The zero-order valence-corrected chi connectivity index (χ0v) is 9.21. The van der Waals surface area contributed by atoms with Crippen LogP contribution in [0.5, 0.6) is 0 Å². The third kappa shape index (κ3) is 3.79. The van der Waals surface area contributed by atoms with E-state index in [1.54, 1.807) is 0 Å². The fraction of sp³-hybridized carbons (Fsp3) is 0.909. The predicted molar refractivity (Wildman–Crippen MR) is 58.2 cm³/mol. The van der Waals surface area contributed by atoms with Crippen molar-refractivity contribution in [2.75, 3.05) is 20.6 Å². The van der Waals surface area contributed by atoms with Crippen LogP contribution in [0.1, 0.15) is 39.0 Å². The molecule has 1 aliphatic carbocycles. The minimum Gasteiger partial charge on any atom is -0.367 e. The highest BCUT2D eigenvalue weighted by Crippen LogP contribution is 2.23. The topological polar surface area (TPSA) is 15.6 Å². The zero-order chi connectivity index (χ0) is 9.68. The van der Waals surface area contributed by atoms with Crippen molar-refractivity contribution in [3.8, 4) is 0 Å². The quantitative estimate of drug-likeness (QED) is 0.473. The smallest absolute Gasteiger partial charge is 0.0952 e. The van der Waals surface area contributed by atoms with E-state index in [0.717, 1.165) is 18.3 Å². The standard InChI is InChI=1S/C11H22N2/c1-10(13(2)3)12-9-11-7-5-4-6-8-11/h11H,4-9H2,1-3H3. The molecule has 0 N–H and O–H groups in total. The summed E-state index contributed by atoms with van der Waals surface area (Å²) in [5, 5.41) is 0. The summed E-state index contributed by atoms with van der Waals surface area (Å²) in [4.78, 5) is 6.68. The van der Waals surface area contributed by atoms with Gasteiger partial charge in [0, 0.05) is 20.6 Å². The van der Waals surface area contributed by atoms with Gasteiger partial charge in [-0.3, -0.25) is 4.99 Å². The molecular weight excluding hydrogens is 160 g/mol. The molecule has 0 atom stereocenters. The molecule has 1 saturated carbocycles. The van der Waals surface area contributed by atoms with E-state index in [4.69, 9.17) is 0 Å². The fourth-order valence-corrected chi connectivity index (χ4v) is 1.77. The Hall–Kier alpha value is -0.530. The highest BCUT2D eigenvalue weighted by Gasteiger charge is 2.12. The summed E-state index contributed by atoms with van der Waals surface area (Å²) in [6.45, 7) is 3.13. The Morgan fingerprint density at radius 2 is 1.85 bits per heavy atom. The maximum Gasteiger partial charge on any atom is 0.0952 e. The van der Waals surface area contributed by atoms with Crippen molar-refractivity contribution in [2.45, 2.75) is 39.0 Å². The van der Waals surface area contributed by atoms with E-state index in [9.17, 15) is 0 Å². The first-order valence-corrected chi connectivity index (χ1v) is 5.38. The largest absolute Gasteiger partial charge is 0.367 e. The summed E-state index contributed by atoms with van der Waals surface area (Å²) in [5.74, 6) is 2.02. The van der Waals surface area contributed by atoms with Gasteiger partial charge in [-0.05, 0) is 25.7 Å². The first-order valence-electron chi connectivity index (χ1n) is 5.38. The van der Waals surface area contributed by atoms with E-state index in [1.165, 1.54) is 32.1 Å². The molecule has 0 radical (unpaired) electrons. The van der Waals surface area contributed by atoms with Crippen molar-refractivity contribution >= 4 is 5.84 Å². The van der Waals surface area contributed by atoms with Crippen molar-refractivity contribution in [1.29, 1.82) is 0 Å². The average molecular weight is 182 g/mol. The van der Waals surface area contributed by atoms with Crippen molar-refractivity contribution in [2.24, 2.45) is 10.9 Å². The van der Waals surface area contributed by atoms with E-state index >= 15 is 0 Å². The first kappa shape index (κ1) is 10.6. The molecule has 1 fully saturated rings. The molecule has 0 aromatic rings. The summed E-state index contributed by atoms with van der Waals surface area (Å²) < 4.78 is 0. The minimum atomic E-state index is 0.864. The Bertz CT molecular complexity index is 167. The normalized spacial score (nSPS) is 20.4. The monoisotopic (exact) mass is 182 g/mol. The highest BCUT2D eigenvalue weighted by atomic mass is 15.1. The van der Waals surface area contributed by atoms with Crippen LogP contribution in [0.15, 0.2) is 4.99 Å². The van der Waals surface area contributed by atoms with Gasteiger partial charge in [-0.15, -0.1) is 0 Å². The molecule has 0 aliphatic heterocycles. The van der Waals surface area contributed by atoms with Crippen molar-refractivity contribution < 1.29 is 0 Å². The van der Waals surface area contributed by atoms with E-state index in [-0.39, 0.29) is 0 Å². The number of hydrogen-bond donors (Lipinski definition) is 0. The van der Waals surface area contributed by atoms with Gasteiger partial charge in [0.2, 0.25) is 0 Å². The van der Waals surface area contributed by atoms with Crippen molar-refractivity contribution in [3.63, 3.8) is 0 Å². The second kappa shape index (κ2) is 5.25. The molecule has 0 amide bonds. The van der Waals surface area contributed by atoms with Crippen LogP contribution in [0.4, 0.5) is 0 Å². The highest BCUT2D eigenvalue weighted by molar-refractivity contribution is 5.79. The van der Waals surface area contributed by atoms with Crippen molar-refractivity contribution in [3.05, 3.63) is 0 Å². The molecule has 0 spiro atoms. The van der Waals surface area contributed by atoms with Gasteiger partial charge in [-0.1, -0.05) is 19.3 Å². The lowest BCUT2D eigenvalue weighted by Crippen LogP contribution is -2.20. The lowest BCUT2D eigenvalue weighted by atomic mass is 9.89. The predicted octanol–water partition coefficient (Wildman–Crippen LogP) is 2.55. The third-order valence-electron chi connectivity index (χ3n) is 2.95. The molecule has 13 heavy (non-hydrogen) atoms. The Morgan fingerprint density at radius 3 is 2.38 bits per heavy atom. The Morgan fingerprint density at radius 1 is 1.23 bits per heavy atom. The molecule has 2 nitrogen and oxygen atoms in total. The number of amidine groups is 1. The summed E-state index contributed by atoms with van der Waals surface area (Å²) in [6.07, 6.45) is 7.06. The Balaban J connectivity index is 2.27. The van der Waals surface area contributed by atoms with Gasteiger partial charge in [0.25, 0.3) is 0 Å². The Kier molecular flexibility index (Phi) is 4.26. The summed E-state index contributed by atoms with van der Waals surface area (Å²) in [6, 6.07) is 0. The van der Waals surface area contributed by atoms with Crippen LogP contribution in [-0.4, -0.2) is 31.4 Å². The molecule has 0 unspecified atom stereocenters. The Labute approximate surface area is 82.0 Å². The van der Waals surface area contributed by atoms with Crippen molar-refractivity contribution in [1.82, 2.24) is 4.90 Å². The second-order valence-electron chi connectivity index (χ2n) is 4.29. The summed E-state index contributed by atoms with van der Waals surface area (Å²) >= 11 is 0. The van der Waals surface area contributed by atoms with Crippen LogP contribution < -0.4 is 0 Å². The molecular formula is C11H22N2. The van der Waals surface area contributed by atoms with Gasteiger partial charge in [0.1, 0.15) is 0 Å². The molecule has 0 heterocycles. The van der Waals surface area contributed by atoms with Crippen LogP contribution in [0.25, 0.3) is 0 Å². The van der Waals surface area contributed by atoms with E-state index in [1.807, 2.05) is 0 Å². The SMILES string of the molecule is CC(=NCC1CCCCC1)N(C)C. The number of nitrogens with zero attached hydrogens (tertiary/aromatic N) is 2. The lowest BCUT2D eigenvalue weighted by molar-refractivity contribution is 0.366. The number of hydrogen-bond acceptors (Lipinski definition) is 1. The molecule has 0 aromatic carbocycles. The van der Waals surface area contributed by atoms with Crippen LogP contribution in [0.2, 0.25) is 0 Å². The maximum absolute atomic E-state index is 4.59. The molecule has 0 saturated heterocycles. The molecule has 1 rings (SSSR count). The summed E-state index contributed by atoms with van der Waals surface area (Å²) in [7, 11) is 4.11. The van der Waals surface area contributed by atoms with Gasteiger partial charge in [0.05, 0.1) is 5.84 Å². The molecule has 2 heteroatoms. The maximum atomic E-state index is 4.59. The fourth-order valence-electron chi connectivity index (χ4n) is 1.77. The van der Waals surface area contributed by atoms with Gasteiger partial charge >= 0.3 is 0 Å². The minimum absolute atomic E-state index is 0.864. The molecule has 1 aliphatic rings. The van der Waals surface area contributed by atoms with Gasteiger partial charge in [-0.25, -0.2) is 0 Å².